The number of hydrogen-bond donors (Lipinski definition) is 3. The van der Waals surface area contributed by atoms with Gasteiger partial charge in [0.2, 0.25) is 0 Å². The van der Waals surface area contributed by atoms with Crippen molar-refractivity contribution in [1.82, 2.24) is 10.6 Å². The predicted molar refractivity (Wildman–Crippen MR) is 121 cm³/mol. The highest BCUT2D eigenvalue weighted by atomic mass is 16.6. The first-order valence-corrected chi connectivity index (χ1v) is 11.1. The lowest BCUT2D eigenvalue weighted by atomic mass is 9.98. The summed E-state index contributed by atoms with van der Waals surface area (Å²) < 4.78 is 11.0. The van der Waals surface area contributed by atoms with Gasteiger partial charge in [-0.1, -0.05) is 62.4 Å². The molecule has 8 nitrogen and oxygen atoms in total. The molecule has 2 unspecified atom stereocenters. The Labute approximate surface area is 192 Å². The Morgan fingerprint density at radius 2 is 1.67 bits per heavy atom. The molecule has 0 aromatic heterocycles. The van der Waals surface area contributed by atoms with Crippen LogP contribution in [0.1, 0.15) is 37.3 Å². The van der Waals surface area contributed by atoms with Crippen LogP contribution in [0.15, 0.2) is 48.5 Å². The normalized spacial score (nSPS) is 20.1. The Balaban J connectivity index is 1.37. The lowest BCUT2D eigenvalue weighted by Gasteiger charge is -2.23. The van der Waals surface area contributed by atoms with Crippen molar-refractivity contribution in [2.24, 2.45) is 5.92 Å². The molecule has 1 aliphatic carbocycles. The molecule has 33 heavy (non-hydrogen) atoms. The number of carboxylic acid groups (broad SMARTS) is 1. The van der Waals surface area contributed by atoms with Crippen molar-refractivity contribution in [3.05, 3.63) is 59.7 Å². The summed E-state index contributed by atoms with van der Waals surface area (Å²) in [6.07, 6.45) is -1.17. The van der Waals surface area contributed by atoms with E-state index in [-0.39, 0.29) is 25.0 Å². The summed E-state index contributed by atoms with van der Waals surface area (Å²) >= 11 is 0. The molecule has 2 aromatic carbocycles. The Morgan fingerprint density at radius 1 is 1.06 bits per heavy atom. The standard InChI is InChI=1S/C25H28N2O6/c1-14(2)21(24(29)30)27-23(28)22-20(11-12-32-22)26-25(31)33-13-19-17-9-5-3-7-15(17)16-8-4-6-10-18(16)19/h3-10,14,19-22H,11-13H2,1-2H3,(H,26,31)(H,27,28)(H,29,30)/t20?,21-,22?/m1/s1. The fourth-order valence-corrected chi connectivity index (χ4v) is 4.54. The maximum Gasteiger partial charge on any atom is 0.407 e. The van der Waals surface area contributed by atoms with Gasteiger partial charge in [-0.3, -0.25) is 4.79 Å². The number of carbonyl (C=O) groups excluding carboxylic acids is 2. The van der Waals surface area contributed by atoms with Crippen molar-refractivity contribution in [3.63, 3.8) is 0 Å². The van der Waals surface area contributed by atoms with Crippen LogP contribution >= 0.6 is 0 Å². The lowest BCUT2D eigenvalue weighted by molar-refractivity contribution is -0.145. The largest absolute Gasteiger partial charge is 0.480 e. The minimum Gasteiger partial charge on any atom is -0.480 e. The van der Waals surface area contributed by atoms with Gasteiger partial charge in [-0.05, 0) is 34.6 Å². The van der Waals surface area contributed by atoms with E-state index in [1.165, 1.54) is 0 Å². The van der Waals surface area contributed by atoms with E-state index in [1.807, 2.05) is 36.4 Å². The number of nitrogens with one attached hydrogen (secondary N) is 2. The first-order valence-electron chi connectivity index (χ1n) is 11.1. The number of rotatable bonds is 7. The van der Waals surface area contributed by atoms with Crippen LogP contribution in [0.4, 0.5) is 4.79 Å². The third kappa shape index (κ3) is 4.71. The molecule has 0 radical (unpaired) electrons. The van der Waals surface area contributed by atoms with Crippen LogP contribution < -0.4 is 10.6 Å². The van der Waals surface area contributed by atoms with Crippen molar-refractivity contribution in [1.29, 1.82) is 0 Å². The number of carbonyl (C=O) groups is 3. The molecule has 3 atom stereocenters. The highest BCUT2D eigenvalue weighted by molar-refractivity contribution is 5.87. The van der Waals surface area contributed by atoms with Crippen LogP contribution in [0, 0.1) is 5.92 Å². The molecular weight excluding hydrogens is 424 g/mol. The van der Waals surface area contributed by atoms with Crippen LogP contribution in [0.2, 0.25) is 0 Å². The van der Waals surface area contributed by atoms with Crippen molar-refractivity contribution < 1.29 is 29.0 Å². The van der Waals surface area contributed by atoms with Gasteiger partial charge in [0, 0.05) is 12.5 Å². The molecule has 4 rings (SSSR count). The number of aliphatic carboxylic acids is 1. The van der Waals surface area contributed by atoms with Crippen LogP contribution in [0.3, 0.4) is 0 Å². The highest BCUT2D eigenvalue weighted by Gasteiger charge is 2.38. The highest BCUT2D eigenvalue weighted by Crippen LogP contribution is 2.44. The molecule has 2 aromatic rings. The zero-order valence-electron chi connectivity index (χ0n) is 18.6. The quantitative estimate of drug-likeness (QED) is 0.595. The fourth-order valence-electron chi connectivity index (χ4n) is 4.54. The Hall–Kier alpha value is -3.39. The monoisotopic (exact) mass is 452 g/mol. The second-order valence-electron chi connectivity index (χ2n) is 8.72. The van der Waals surface area contributed by atoms with E-state index in [0.29, 0.717) is 6.42 Å². The number of amides is 2. The summed E-state index contributed by atoms with van der Waals surface area (Å²) in [5.74, 6) is -2.03. The second kappa shape index (κ2) is 9.62. The van der Waals surface area contributed by atoms with Gasteiger partial charge < -0.3 is 25.2 Å². The van der Waals surface area contributed by atoms with E-state index < -0.39 is 36.2 Å². The first-order chi connectivity index (χ1) is 15.9. The molecule has 0 bridgehead atoms. The second-order valence-corrected chi connectivity index (χ2v) is 8.72. The van der Waals surface area contributed by atoms with Crippen molar-refractivity contribution >= 4 is 18.0 Å². The number of benzene rings is 2. The first kappa shape index (κ1) is 22.8. The number of alkyl carbamates (subject to hydrolysis) is 1. The maximum atomic E-state index is 12.6. The van der Waals surface area contributed by atoms with Crippen LogP contribution in [-0.2, 0) is 19.1 Å². The minimum absolute atomic E-state index is 0.0653. The molecule has 2 aliphatic rings. The fraction of sp³-hybridized carbons (Fsp3) is 0.400. The number of ether oxygens (including phenoxy) is 2. The van der Waals surface area contributed by atoms with Gasteiger partial charge in [-0.15, -0.1) is 0 Å². The summed E-state index contributed by atoms with van der Waals surface area (Å²) in [7, 11) is 0. The van der Waals surface area contributed by atoms with Gasteiger partial charge >= 0.3 is 12.1 Å². The maximum absolute atomic E-state index is 12.6. The molecule has 3 N–H and O–H groups in total. The molecule has 2 amide bonds. The molecule has 1 aliphatic heterocycles. The summed E-state index contributed by atoms with van der Waals surface area (Å²) in [5, 5.41) is 14.5. The van der Waals surface area contributed by atoms with Crippen LogP contribution in [0.25, 0.3) is 11.1 Å². The molecule has 1 heterocycles. The Kier molecular flexibility index (Phi) is 6.65. The number of fused-ring (bicyclic) bond motifs is 3. The predicted octanol–water partition coefficient (Wildman–Crippen LogP) is 2.91. The van der Waals surface area contributed by atoms with Gasteiger partial charge in [0.15, 0.2) is 6.10 Å². The zero-order valence-corrected chi connectivity index (χ0v) is 18.6. The van der Waals surface area contributed by atoms with Crippen molar-refractivity contribution in [3.8, 4) is 11.1 Å². The van der Waals surface area contributed by atoms with Gasteiger partial charge in [0.1, 0.15) is 12.6 Å². The van der Waals surface area contributed by atoms with Crippen LogP contribution in [-0.4, -0.2) is 54.5 Å². The smallest absolute Gasteiger partial charge is 0.407 e. The third-order valence-corrected chi connectivity index (χ3v) is 6.23. The Morgan fingerprint density at radius 3 is 2.24 bits per heavy atom. The summed E-state index contributed by atoms with van der Waals surface area (Å²) in [6.45, 7) is 3.87. The third-order valence-electron chi connectivity index (χ3n) is 6.23. The Bertz CT molecular complexity index is 1010. The average Bonchev–Trinajstić information content (AvgIpc) is 3.38. The van der Waals surface area contributed by atoms with Crippen molar-refractivity contribution in [2.75, 3.05) is 13.2 Å². The van der Waals surface area contributed by atoms with Gasteiger partial charge in [0.25, 0.3) is 5.91 Å². The summed E-state index contributed by atoms with van der Waals surface area (Å²) in [5.41, 5.74) is 4.50. The van der Waals surface area contributed by atoms with E-state index in [1.54, 1.807) is 13.8 Å². The topological polar surface area (TPSA) is 114 Å². The molecule has 174 valence electrons. The minimum atomic E-state index is -1.11. The molecule has 1 fully saturated rings. The number of carboxylic acids is 1. The number of hydrogen-bond acceptors (Lipinski definition) is 5. The molecule has 0 spiro atoms. The summed E-state index contributed by atoms with van der Waals surface area (Å²) in [4.78, 5) is 36.6. The van der Waals surface area contributed by atoms with E-state index in [2.05, 4.69) is 22.8 Å². The van der Waals surface area contributed by atoms with Crippen LogP contribution in [0.5, 0.6) is 0 Å². The van der Waals surface area contributed by atoms with Gasteiger partial charge in [-0.2, -0.15) is 0 Å². The van der Waals surface area contributed by atoms with E-state index in [4.69, 9.17) is 9.47 Å². The van der Waals surface area contributed by atoms with E-state index >= 15 is 0 Å². The molecule has 1 saturated heterocycles. The van der Waals surface area contributed by atoms with Gasteiger partial charge in [-0.25, -0.2) is 9.59 Å². The van der Waals surface area contributed by atoms with E-state index in [0.717, 1.165) is 22.3 Å². The molecular formula is C25H28N2O6. The van der Waals surface area contributed by atoms with Gasteiger partial charge in [0.05, 0.1) is 6.04 Å². The molecule has 8 heteroatoms. The van der Waals surface area contributed by atoms with Crippen molar-refractivity contribution in [2.45, 2.75) is 44.4 Å². The average molecular weight is 453 g/mol. The lowest BCUT2D eigenvalue weighted by Crippen LogP contribution is -2.53. The zero-order chi connectivity index (χ0) is 23.5. The van der Waals surface area contributed by atoms with E-state index in [9.17, 15) is 19.5 Å². The SMILES string of the molecule is CC(C)[C@@H](NC(=O)C1OCCC1NC(=O)OCC1c2ccccc2-c2ccccc21)C(=O)O. The molecule has 0 saturated carbocycles. The summed E-state index contributed by atoms with van der Waals surface area (Å²) in [6, 6.07) is 14.5.